The minimum Gasteiger partial charge on any atom is -0.491 e. The Hall–Kier alpha value is -2.13. The highest BCUT2D eigenvalue weighted by atomic mass is 19.1. The van der Waals surface area contributed by atoms with Crippen molar-refractivity contribution in [2.24, 2.45) is 5.92 Å². The number of halogens is 1. The minimum atomic E-state index is -0.324. The van der Waals surface area contributed by atoms with Crippen molar-refractivity contribution >= 4 is 0 Å². The molecule has 0 aliphatic carbocycles. The summed E-state index contributed by atoms with van der Waals surface area (Å²) in [6.07, 6.45) is 6.63. The Bertz CT molecular complexity index is 715. The third kappa shape index (κ3) is 4.53. The lowest BCUT2D eigenvalue weighted by Crippen LogP contribution is -2.20. The van der Waals surface area contributed by atoms with Crippen molar-refractivity contribution < 1.29 is 13.9 Å². The molecular weight excluding hydrogens is 327 g/mol. The van der Waals surface area contributed by atoms with Crippen molar-refractivity contribution in [3.05, 3.63) is 66.5 Å². The van der Waals surface area contributed by atoms with Crippen LogP contribution < -0.4 is 4.74 Å². The molecule has 0 radical (unpaired) electrons. The second kappa shape index (κ2) is 9.00. The fraction of sp³-hybridized carbons (Fsp3) is 0.391. The number of hydrogen-bond acceptors (Lipinski definition) is 2. The van der Waals surface area contributed by atoms with Crippen LogP contribution in [0, 0.1) is 11.7 Å². The first-order chi connectivity index (χ1) is 12.7. The Morgan fingerprint density at radius 1 is 1.15 bits per heavy atom. The molecule has 2 atom stereocenters. The van der Waals surface area contributed by atoms with Gasteiger partial charge in [-0.2, -0.15) is 0 Å². The third-order valence-corrected chi connectivity index (χ3v) is 5.00. The number of allylic oxidation sites excluding steroid dienone is 1. The maximum Gasteiger partial charge on any atom is 0.165 e. The van der Waals surface area contributed by atoms with Gasteiger partial charge in [-0.3, -0.25) is 0 Å². The molecule has 0 N–H and O–H groups in total. The van der Waals surface area contributed by atoms with Crippen LogP contribution in [-0.2, 0) is 4.74 Å². The molecule has 1 fully saturated rings. The predicted octanol–water partition coefficient (Wildman–Crippen LogP) is 6.33. The molecular formula is C23H27FO2. The van der Waals surface area contributed by atoms with Crippen molar-refractivity contribution in [1.29, 1.82) is 0 Å². The van der Waals surface area contributed by atoms with Crippen molar-refractivity contribution in [2.45, 2.75) is 38.7 Å². The molecule has 1 saturated heterocycles. The first kappa shape index (κ1) is 18.7. The highest BCUT2D eigenvalue weighted by molar-refractivity contribution is 5.64. The molecule has 3 rings (SSSR count). The standard InChI is InChI=1S/C23H27FO2/c1-3-5-6-17-7-13-22(26-16-17)19-10-8-18(9-11-19)20-12-14-23(25-4-2)21(24)15-20/h3,8-12,14-15,17,22H,1,4-7,13,16H2,2H3. The molecule has 2 aromatic carbocycles. The van der Waals surface area contributed by atoms with Crippen LogP contribution in [-0.4, -0.2) is 13.2 Å². The van der Waals surface area contributed by atoms with E-state index in [9.17, 15) is 4.39 Å². The van der Waals surface area contributed by atoms with Gasteiger partial charge in [-0.15, -0.1) is 6.58 Å². The van der Waals surface area contributed by atoms with Crippen LogP contribution in [0.5, 0.6) is 5.75 Å². The van der Waals surface area contributed by atoms with Crippen LogP contribution in [0.15, 0.2) is 55.1 Å². The van der Waals surface area contributed by atoms with E-state index in [-0.39, 0.29) is 11.9 Å². The third-order valence-electron chi connectivity index (χ3n) is 5.00. The number of rotatable bonds is 7. The number of benzene rings is 2. The van der Waals surface area contributed by atoms with Crippen molar-refractivity contribution in [3.8, 4) is 16.9 Å². The summed E-state index contributed by atoms with van der Waals surface area (Å²) in [5.41, 5.74) is 3.05. The van der Waals surface area contributed by atoms with Gasteiger partial charge in [0.05, 0.1) is 19.3 Å². The van der Waals surface area contributed by atoms with Gasteiger partial charge in [0.2, 0.25) is 0 Å². The zero-order valence-corrected chi connectivity index (χ0v) is 15.4. The van der Waals surface area contributed by atoms with Gasteiger partial charge in [-0.25, -0.2) is 4.39 Å². The summed E-state index contributed by atoms with van der Waals surface area (Å²) in [5.74, 6) is 0.624. The molecule has 0 aromatic heterocycles. The normalized spacial score (nSPS) is 19.9. The molecule has 0 amide bonds. The average molecular weight is 354 g/mol. The lowest BCUT2D eigenvalue weighted by atomic mass is 9.91. The molecule has 1 aliphatic rings. The summed E-state index contributed by atoms with van der Waals surface area (Å²) in [7, 11) is 0. The first-order valence-electron chi connectivity index (χ1n) is 9.46. The van der Waals surface area contributed by atoms with Crippen LogP contribution in [0.4, 0.5) is 4.39 Å². The lowest BCUT2D eigenvalue weighted by molar-refractivity contribution is -0.0190. The average Bonchev–Trinajstić information content (AvgIpc) is 2.69. The van der Waals surface area contributed by atoms with E-state index in [0.717, 1.165) is 30.6 Å². The van der Waals surface area contributed by atoms with Gasteiger partial charge in [0.25, 0.3) is 0 Å². The van der Waals surface area contributed by atoms with Gasteiger partial charge in [0.15, 0.2) is 11.6 Å². The molecule has 0 spiro atoms. The van der Waals surface area contributed by atoms with Gasteiger partial charge < -0.3 is 9.47 Å². The summed E-state index contributed by atoms with van der Waals surface area (Å²) in [5, 5.41) is 0. The van der Waals surface area contributed by atoms with E-state index in [2.05, 4.69) is 18.7 Å². The molecule has 26 heavy (non-hydrogen) atoms. The zero-order valence-electron chi connectivity index (χ0n) is 15.4. The van der Waals surface area contributed by atoms with E-state index in [4.69, 9.17) is 9.47 Å². The topological polar surface area (TPSA) is 18.5 Å². The molecule has 1 aliphatic heterocycles. The Labute approximate surface area is 155 Å². The molecule has 1 heterocycles. The number of ether oxygens (including phenoxy) is 2. The summed E-state index contributed by atoms with van der Waals surface area (Å²) < 4.78 is 25.4. The molecule has 138 valence electrons. The van der Waals surface area contributed by atoms with E-state index in [1.165, 1.54) is 24.5 Å². The summed E-state index contributed by atoms with van der Waals surface area (Å²) >= 11 is 0. The molecule has 2 unspecified atom stereocenters. The van der Waals surface area contributed by atoms with Crippen LogP contribution in [0.3, 0.4) is 0 Å². The maximum atomic E-state index is 14.1. The molecule has 3 heteroatoms. The van der Waals surface area contributed by atoms with Crippen LogP contribution >= 0.6 is 0 Å². The van der Waals surface area contributed by atoms with Crippen LogP contribution in [0.25, 0.3) is 11.1 Å². The summed E-state index contributed by atoms with van der Waals surface area (Å²) in [6, 6.07) is 13.4. The van der Waals surface area contributed by atoms with Gasteiger partial charge in [-0.05, 0) is 67.3 Å². The zero-order chi connectivity index (χ0) is 18.4. The van der Waals surface area contributed by atoms with Crippen molar-refractivity contribution in [1.82, 2.24) is 0 Å². The molecule has 0 bridgehead atoms. The van der Waals surface area contributed by atoms with Crippen molar-refractivity contribution in [3.63, 3.8) is 0 Å². The van der Waals surface area contributed by atoms with E-state index in [1.54, 1.807) is 6.07 Å². The molecule has 2 nitrogen and oxygen atoms in total. The smallest absolute Gasteiger partial charge is 0.165 e. The second-order valence-electron chi connectivity index (χ2n) is 6.83. The lowest BCUT2D eigenvalue weighted by Gasteiger charge is -2.29. The van der Waals surface area contributed by atoms with Gasteiger partial charge in [-0.1, -0.05) is 36.4 Å². The van der Waals surface area contributed by atoms with Gasteiger partial charge >= 0.3 is 0 Å². The monoisotopic (exact) mass is 354 g/mol. The quantitative estimate of drug-likeness (QED) is 0.541. The maximum absolute atomic E-state index is 14.1. The summed E-state index contributed by atoms with van der Waals surface area (Å²) in [6.45, 7) is 6.92. The van der Waals surface area contributed by atoms with E-state index < -0.39 is 0 Å². The Morgan fingerprint density at radius 2 is 1.92 bits per heavy atom. The minimum absolute atomic E-state index is 0.168. The van der Waals surface area contributed by atoms with Gasteiger partial charge in [0, 0.05) is 0 Å². The Balaban J connectivity index is 1.64. The predicted molar refractivity (Wildman–Crippen MR) is 104 cm³/mol. The first-order valence-corrected chi connectivity index (χ1v) is 9.46. The highest BCUT2D eigenvalue weighted by Gasteiger charge is 2.22. The van der Waals surface area contributed by atoms with Crippen LogP contribution in [0.1, 0.15) is 44.3 Å². The van der Waals surface area contributed by atoms with E-state index in [0.29, 0.717) is 18.3 Å². The fourth-order valence-corrected chi connectivity index (χ4v) is 3.49. The fourth-order valence-electron chi connectivity index (χ4n) is 3.49. The number of hydrogen-bond donors (Lipinski definition) is 0. The van der Waals surface area contributed by atoms with Crippen molar-refractivity contribution in [2.75, 3.05) is 13.2 Å². The Morgan fingerprint density at radius 3 is 2.54 bits per heavy atom. The van der Waals surface area contributed by atoms with E-state index >= 15 is 0 Å². The highest BCUT2D eigenvalue weighted by Crippen LogP contribution is 2.34. The van der Waals surface area contributed by atoms with Crippen LogP contribution in [0.2, 0.25) is 0 Å². The SMILES string of the molecule is C=CCCC1CCC(c2ccc(-c3ccc(OCC)c(F)c3)cc2)OC1. The second-order valence-corrected chi connectivity index (χ2v) is 6.83. The van der Waals surface area contributed by atoms with E-state index in [1.807, 2.05) is 31.2 Å². The summed E-state index contributed by atoms with van der Waals surface area (Å²) in [4.78, 5) is 0. The largest absolute Gasteiger partial charge is 0.491 e. The molecule has 2 aromatic rings. The van der Waals surface area contributed by atoms with Gasteiger partial charge in [0.1, 0.15) is 0 Å². The Kier molecular flexibility index (Phi) is 6.45. The molecule has 0 saturated carbocycles.